The average Bonchev–Trinajstić information content (AvgIpc) is 3.28. The number of hydrogen-bond acceptors (Lipinski definition) is 4. The lowest BCUT2D eigenvalue weighted by molar-refractivity contribution is -0.147. The monoisotopic (exact) mass is 458 g/mol. The smallest absolute Gasteiger partial charge is 0.416 e. The molecule has 0 aromatic heterocycles. The lowest BCUT2D eigenvalue weighted by Gasteiger charge is -2.36. The molecule has 0 unspecified atom stereocenters. The maximum absolute atomic E-state index is 13.7. The summed E-state index contributed by atoms with van der Waals surface area (Å²) in [7, 11) is 0. The number of carbonyl (C=O) groups is 1. The van der Waals surface area contributed by atoms with Crippen LogP contribution in [0.2, 0.25) is 0 Å². The summed E-state index contributed by atoms with van der Waals surface area (Å²) < 4.78 is 46.8. The molecule has 1 saturated heterocycles. The highest BCUT2D eigenvalue weighted by molar-refractivity contribution is 5.71. The first-order chi connectivity index (χ1) is 15.7. The van der Waals surface area contributed by atoms with Crippen LogP contribution in [0.4, 0.5) is 13.2 Å². The third kappa shape index (κ3) is 5.31. The highest BCUT2D eigenvalue weighted by Gasteiger charge is 2.36. The Morgan fingerprint density at radius 2 is 1.88 bits per heavy atom. The zero-order valence-electron chi connectivity index (χ0n) is 18.1. The van der Waals surface area contributed by atoms with Gasteiger partial charge in [0.05, 0.1) is 23.1 Å². The predicted octanol–water partition coefficient (Wildman–Crippen LogP) is 5.33. The fourth-order valence-electron chi connectivity index (χ4n) is 4.68. The van der Waals surface area contributed by atoms with E-state index in [1.54, 1.807) is 30.3 Å². The second-order valence-corrected chi connectivity index (χ2v) is 8.85. The van der Waals surface area contributed by atoms with E-state index in [1.807, 2.05) is 4.90 Å². The number of halogens is 3. The number of carboxylic acid groups (broad SMARTS) is 1. The molecule has 1 aliphatic carbocycles. The quantitative estimate of drug-likeness (QED) is 0.607. The van der Waals surface area contributed by atoms with Crippen molar-refractivity contribution >= 4 is 5.97 Å². The molecule has 1 saturated carbocycles. The van der Waals surface area contributed by atoms with Gasteiger partial charge in [0.2, 0.25) is 0 Å². The average molecular weight is 458 g/mol. The first kappa shape index (κ1) is 23.1. The minimum atomic E-state index is -4.42. The van der Waals surface area contributed by atoms with Crippen molar-refractivity contribution in [3.05, 3.63) is 64.2 Å². The molecule has 0 atom stereocenters. The maximum Gasteiger partial charge on any atom is 0.416 e. The van der Waals surface area contributed by atoms with E-state index in [4.69, 9.17) is 9.84 Å². The molecule has 1 aliphatic heterocycles. The molecule has 2 aromatic carbocycles. The summed E-state index contributed by atoms with van der Waals surface area (Å²) in [5, 5.41) is 18.5. The first-order valence-corrected chi connectivity index (χ1v) is 11.1. The van der Waals surface area contributed by atoms with E-state index in [2.05, 4.69) is 6.07 Å². The lowest BCUT2D eigenvalue weighted by Crippen LogP contribution is -2.49. The van der Waals surface area contributed by atoms with Gasteiger partial charge in [0.25, 0.3) is 0 Å². The summed E-state index contributed by atoms with van der Waals surface area (Å²) in [6.07, 6.45) is -0.919. The largest absolute Gasteiger partial charge is 0.489 e. The fourth-order valence-corrected chi connectivity index (χ4v) is 4.68. The minimum Gasteiger partial charge on any atom is -0.489 e. The van der Waals surface area contributed by atoms with Crippen molar-refractivity contribution in [2.45, 2.75) is 50.9 Å². The van der Waals surface area contributed by atoms with Crippen LogP contribution in [0.15, 0.2) is 36.4 Å². The van der Waals surface area contributed by atoms with E-state index in [0.717, 1.165) is 31.2 Å². The zero-order chi connectivity index (χ0) is 23.6. The van der Waals surface area contributed by atoms with Crippen molar-refractivity contribution in [3.63, 3.8) is 0 Å². The Balaban J connectivity index is 1.43. The molecule has 0 spiro atoms. The molecule has 0 bridgehead atoms. The predicted molar refractivity (Wildman–Crippen MR) is 115 cm³/mol. The second-order valence-electron chi connectivity index (χ2n) is 8.85. The van der Waals surface area contributed by atoms with Gasteiger partial charge < -0.3 is 9.84 Å². The third-order valence-corrected chi connectivity index (χ3v) is 6.53. The Kier molecular flexibility index (Phi) is 6.61. The Labute approximate surface area is 190 Å². The molecular formula is C25H25F3N2O3. The molecule has 4 rings (SSSR count). The van der Waals surface area contributed by atoms with E-state index in [9.17, 15) is 23.2 Å². The van der Waals surface area contributed by atoms with E-state index in [0.29, 0.717) is 42.1 Å². The number of nitrogens with zero attached hydrogens (tertiary/aromatic N) is 2. The first-order valence-electron chi connectivity index (χ1n) is 11.1. The molecule has 1 N–H and O–H groups in total. The van der Waals surface area contributed by atoms with Gasteiger partial charge in [-0.3, -0.25) is 9.69 Å². The molecule has 8 heteroatoms. The number of ether oxygens (including phenoxy) is 1. The summed E-state index contributed by atoms with van der Waals surface area (Å²) in [6, 6.07) is 11.6. The number of hydrogen-bond donors (Lipinski definition) is 1. The Hall–Kier alpha value is -3.05. The normalized spacial score (nSPS) is 17.5. The molecule has 2 aliphatic rings. The molecule has 2 fully saturated rings. The highest BCUT2D eigenvalue weighted by atomic mass is 19.4. The van der Waals surface area contributed by atoms with Gasteiger partial charge in [-0.1, -0.05) is 31.0 Å². The van der Waals surface area contributed by atoms with Crippen molar-refractivity contribution in [1.29, 1.82) is 5.26 Å². The van der Waals surface area contributed by atoms with E-state index >= 15 is 0 Å². The van der Waals surface area contributed by atoms with Crippen LogP contribution in [0.1, 0.15) is 59.4 Å². The Morgan fingerprint density at radius 1 is 1.15 bits per heavy atom. The fraction of sp³-hybridized carbons (Fsp3) is 0.440. The standard InChI is InChI=1S/C25H25F3N2O3/c26-25(27,28)23-9-16(5-8-22(23)17-3-1-2-4-17)15-33-21-7-6-18(19(10-21)11-29)12-30-13-20(14-30)24(31)32/h5-10,17,20H,1-4,12-15H2,(H,31,32). The Bertz CT molecular complexity index is 1070. The number of benzene rings is 2. The summed E-state index contributed by atoms with van der Waals surface area (Å²) in [5.74, 6) is -0.837. The number of nitriles is 1. The van der Waals surface area contributed by atoms with Gasteiger partial charge in [0, 0.05) is 19.6 Å². The summed E-state index contributed by atoms with van der Waals surface area (Å²) in [5.41, 5.74) is 1.37. The number of alkyl halides is 3. The molecule has 1 heterocycles. The van der Waals surface area contributed by atoms with Crippen LogP contribution in [-0.2, 0) is 24.1 Å². The van der Waals surface area contributed by atoms with Gasteiger partial charge in [0.15, 0.2) is 0 Å². The van der Waals surface area contributed by atoms with Crippen LogP contribution in [-0.4, -0.2) is 29.1 Å². The van der Waals surface area contributed by atoms with Crippen LogP contribution in [0.3, 0.4) is 0 Å². The van der Waals surface area contributed by atoms with Crippen LogP contribution < -0.4 is 4.74 Å². The molecule has 0 amide bonds. The summed E-state index contributed by atoms with van der Waals surface area (Å²) >= 11 is 0. The van der Waals surface area contributed by atoms with Gasteiger partial charge in [-0.25, -0.2) is 0 Å². The third-order valence-electron chi connectivity index (χ3n) is 6.53. The number of likely N-dealkylation sites (tertiary alicyclic amines) is 1. The van der Waals surface area contributed by atoms with Crippen LogP contribution in [0.5, 0.6) is 5.75 Å². The molecule has 174 valence electrons. The maximum atomic E-state index is 13.7. The van der Waals surface area contributed by atoms with Crippen molar-refractivity contribution < 1.29 is 27.8 Å². The number of rotatable bonds is 7. The zero-order valence-corrected chi connectivity index (χ0v) is 18.1. The van der Waals surface area contributed by atoms with Gasteiger partial charge in [0.1, 0.15) is 12.4 Å². The van der Waals surface area contributed by atoms with Crippen LogP contribution in [0, 0.1) is 17.2 Å². The van der Waals surface area contributed by atoms with E-state index in [1.165, 1.54) is 6.07 Å². The topological polar surface area (TPSA) is 73.6 Å². The molecule has 2 aromatic rings. The SMILES string of the molecule is N#Cc1cc(OCc2ccc(C3CCCC3)c(C(F)(F)F)c2)ccc1CN1CC(C(=O)O)C1. The Morgan fingerprint density at radius 3 is 2.52 bits per heavy atom. The lowest BCUT2D eigenvalue weighted by atomic mass is 9.91. The highest BCUT2D eigenvalue weighted by Crippen LogP contribution is 2.42. The minimum absolute atomic E-state index is 0.0370. The van der Waals surface area contributed by atoms with Gasteiger partial charge in [-0.05, 0) is 53.6 Å². The van der Waals surface area contributed by atoms with E-state index in [-0.39, 0.29) is 18.4 Å². The molecule has 33 heavy (non-hydrogen) atoms. The second kappa shape index (κ2) is 9.44. The van der Waals surface area contributed by atoms with Crippen molar-refractivity contribution in [2.75, 3.05) is 13.1 Å². The number of carboxylic acids is 1. The van der Waals surface area contributed by atoms with Crippen molar-refractivity contribution in [2.24, 2.45) is 5.92 Å². The van der Waals surface area contributed by atoms with Gasteiger partial charge in [-0.15, -0.1) is 0 Å². The molecular weight excluding hydrogens is 433 g/mol. The summed E-state index contributed by atoms with van der Waals surface area (Å²) in [6.45, 7) is 1.31. The van der Waals surface area contributed by atoms with Crippen LogP contribution >= 0.6 is 0 Å². The van der Waals surface area contributed by atoms with Crippen molar-refractivity contribution in [1.82, 2.24) is 4.90 Å². The summed E-state index contributed by atoms with van der Waals surface area (Å²) in [4.78, 5) is 12.9. The van der Waals surface area contributed by atoms with Crippen LogP contribution in [0.25, 0.3) is 0 Å². The van der Waals surface area contributed by atoms with Crippen molar-refractivity contribution in [3.8, 4) is 11.8 Å². The van der Waals surface area contributed by atoms with Gasteiger partial charge in [-0.2, -0.15) is 18.4 Å². The molecule has 5 nitrogen and oxygen atoms in total. The van der Waals surface area contributed by atoms with Gasteiger partial charge >= 0.3 is 12.1 Å². The number of aliphatic carboxylic acids is 1. The molecule has 0 radical (unpaired) electrons. The van der Waals surface area contributed by atoms with E-state index < -0.39 is 17.7 Å².